The summed E-state index contributed by atoms with van der Waals surface area (Å²) in [6, 6.07) is 1.28. The first-order valence-corrected chi connectivity index (χ1v) is 19.4. The van der Waals surface area contributed by atoms with Gasteiger partial charge in [-0.15, -0.1) is 22.7 Å². The molecule has 4 aromatic heterocycles. The molecule has 0 aliphatic heterocycles. The number of nitrogens with one attached hydrogen (secondary N) is 2. The third-order valence-corrected chi connectivity index (χ3v) is 9.13. The summed E-state index contributed by atoms with van der Waals surface area (Å²) < 4.78 is 86.9. The quantitative estimate of drug-likeness (QED) is 0.0622. The number of carbonyl (C=O) groups excluding carboxylic acids is 5. The smallest absolute Gasteiger partial charge is 0.418 e. The van der Waals surface area contributed by atoms with E-state index in [2.05, 4.69) is 35.6 Å². The van der Waals surface area contributed by atoms with Gasteiger partial charge in [-0.3, -0.25) is 29.0 Å². The molecule has 2 amide bonds. The van der Waals surface area contributed by atoms with Crippen LogP contribution in [0.5, 0.6) is 0 Å². The molecule has 4 N–H and O–H groups in total. The zero-order valence-corrected chi connectivity index (χ0v) is 36.5. The maximum atomic E-state index is 12.9. The van der Waals surface area contributed by atoms with Crippen LogP contribution >= 0.6 is 45.9 Å². The van der Waals surface area contributed by atoms with Crippen LogP contribution in [0.2, 0.25) is 10.0 Å². The number of nitrogens with two attached hydrogens (primary N) is 1. The predicted molar refractivity (Wildman–Crippen MR) is 216 cm³/mol. The molecule has 0 radical (unpaired) electrons. The highest BCUT2D eigenvalue weighted by Crippen LogP contribution is 2.36. The van der Waals surface area contributed by atoms with Gasteiger partial charge in [0.2, 0.25) is 0 Å². The average molecular weight is 944 g/mol. The number of ether oxygens (including phenoxy) is 2. The number of aromatic nitrogens is 4. The molecular formula is C36H38Cl2F6N8O7S2. The van der Waals surface area contributed by atoms with Crippen LogP contribution in [-0.4, -0.2) is 79.5 Å². The lowest BCUT2D eigenvalue weighted by Crippen LogP contribution is -2.28. The predicted octanol–water partition coefficient (Wildman–Crippen LogP) is 8.57. The Morgan fingerprint density at radius 1 is 0.672 bits per heavy atom. The SMILES string of the molecule is CC(=NCC(=O)OC(C)(C)C)c1ncc(C(=O)Nc2cc(C(F)(F)F)c(Cl)cn2)s1.CC(=O)c1ncc(C(=O)Nc2cc(C(F)(F)F)c(Cl)cn2)s1.CC(C)(C)OC(=O)CN. The van der Waals surface area contributed by atoms with E-state index in [4.69, 9.17) is 38.4 Å². The van der Waals surface area contributed by atoms with Crippen LogP contribution in [0.4, 0.5) is 38.0 Å². The number of nitrogens with zero attached hydrogens (tertiary/aromatic N) is 5. The monoisotopic (exact) mass is 942 g/mol. The molecule has 0 atom stereocenters. The maximum absolute atomic E-state index is 12.9. The van der Waals surface area contributed by atoms with Crippen LogP contribution in [0.1, 0.15) is 101 Å². The molecule has 0 bridgehead atoms. The fraction of sp³-hybridized carbons (Fsp3) is 0.389. The molecule has 332 valence electrons. The average Bonchev–Trinajstić information content (AvgIpc) is 3.82. The number of rotatable bonds is 9. The van der Waals surface area contributed by atoms with Crippen molar-refractivity contribution in [3.05, 3.63) is 77.9 Å². The second-order valence-electron chi connectivity index (χ2n) is 13.9. The molecule has 61 heavy (non-hydrogen) atoms. The Morgan fingerprint density at radius 2 is 1.07 bits per heavy atom. The second kappa shape index (κ2) is 21.6. The number of amides is 2. The normalized spacial score (nSPS) is 11.9. The van der Waals surface area contributed by atoms with Crippen LogP contribution in [0.3, 0.4) is 0 Å². The first-order chi connectivity index (χ1) is 27.9. The summed E-state index contributed by atoms with van der Waals surface area (Å²) in [4.78, 5) is 76.9. The Morgan fingerprint density at radius 3 is 1.41 bits per heavy atom. The molecule has 4 aromatic rings. The van der Waals surface area contributed by atoms with Gasteiger partial charge in [0.15, 0.2) is 10.8 Å². The zero-order valence-electron chi connectivity index (χ0n) is 33.4. The number of carbonyl (C=O) groups is 5. The van der Waals surface area contributed by atoms with Crippen molar-refractivity contribution in [2.75, 3.05) is 23.7 Å². The molecular weight excluding hydrogens is 905 g/mol. The summed E-state index contributed by atoms with van der Waals surface area (Å²) in [5.74, 6) is -3.20. The summed E-state index contributed by atoms with van der Waals surface area (Å²) in [5, 5.41) is 3.84. The summed E-state index contributed by atoms with van der Waals surface area (Å²) in [6.07, 6.45) is -5.32. The molecule has 0 aliphatic carbocycles. The van der Waals surface area contributed by atoms with Gasteiger partial charge in [-0.25, -0.2) is 19.9 Å². The number of ketones is 1. The minimum atomic E-state index is -4.68. The largest absolute Gasteiger partial charge is 0.459 e. The summed E-state index contributed by atoms with van der Waals surface area (Å²) in [6.45, 7) is 13.3. The van der Waals surface area contributed by atoms with Crippen LogP contribution in [-0.2, 0) is 31.4 Å². The van der Waals surface area contributed by atoms with Crippen molar-refractivity contribution in [2.24, 2.45) is 10.7 Å². The van der Waals surface area contributed by atoms with Crippen LogP contribution in [0.15, 0.2) is 41.9 Å². The topological polar surface area (TPSA) is 218 Å². The Kier molecular flexibility index (Phi) is 18.4. The lowest BCUT2D eigenvalue weighted by atomic mass is 10.2. The fourth-order valence-corrected chi connectivity index (χ4v) is 5.80. The van der Waals surface area contributed by atoms with Gasteiger partial charge in [-0.1, -0.05) is 23.2 Å². The van der Waals surface area contributed by atoms with E-state index in [0.717, 1.165) is 41.3 Å². The zero-order chi connectivity index (χ0) is 46.7. The number of hydrogen-bond acceptors (Lipinski definition) is 15. The third kappa shape index (κ3) is 18.2. The summed E-state index contributed by atoms with van der Waals surface area (Å²) in [5.41, 5.74) is 2.17. The van der Waals surface area contributed by atoms with Crippen molar-refractivity contribution in [2.45, 2.75) is 78.9 Å². The number of hydrogen-bond donors (Lipinski definition) is 3. The van der Waals surface area contributed by atoms with Crippen LogP contribution in [0.25, 0.3) is 0 Å². The Bertz CT molecular complexity index is 2250. The molecule has 4 rings (SSSR count). The molecule has 0 saturated carbocycles. The van der Waals surface area contributed by atoms with E-state index in [0.29, 0.717) is 22.9 Å². The first kappa shape index (κ1) is 52.0. The minimum absolute atomic E-state index is 0.0444. The Labute approximate surface area is 362 Å². The molecule has 0 aliphatic rings. The van der Waals surface area contributed by atoms with Crippen molar-refractivity contribution >= 4 is 92.8 Å². The lowest BCUT2D eigenvalue weighted by molar-refractivity contribution is -0.154. The van der Waals surface area contributed by atoms with Crippen LogP contribution in [0, 0.1) is 0 Å². The van der Waals surface area contributed by atoms with E-state index < -0.39 is 62.5 Å². The standard InChI is InChI=1S/C18H18ClF3N4O3S.C12H7ClF3N3O2S.C6H13NO2/c1-9(23-8-14(27)29-17(2,3)4)16-25-7-12(30-16)15(28)26-13-5-10(18(20,21)22)11(19)6-24-13;1-5(20)11-18-4-8(22-11)10(21)19-9-2-6(12(14,15)16)7(13)3-17-9;1-6(2,3)9-5(8)4-7/h5-7H,8H2,1-4H3,(H,24,26,28);2-4H,1H3,(H,17,19,21);4,7H2,1-3H3. The number of halogens is 8. The van der Waals surface area contributed by atoms with Crippen molar-refractivity contribution in [1.29, 1.82) is 0 Å². The number of pyridine rings is 2. The van der Waals surface area contributed by atoms with Gasteiger partial charge in [0.1, 0.15) is 44.1 Å². The van der Waals surface area contributed by atoms with E-state index in [1.54, 1.807) is 48.5 Å². The highest BCUT2D eigenvalue weighted by Gasteiger charge is 2.35. The molecule has 25 heteroatoms. The summed E-state index contributed by atoms with van der Waals surface area (Å²) >= 11 is 12.7. The van der Waals surface area contributed by atoms with Gasteiger partial charge >= 0.3 is 24.3 Å². The number of anilines is 2. The van der Waals surface area contributed by atoms with E-state index in [-0.39, 0.29) is 51.2 Å². The highest BCUT2D eigenvalue weighted by molar-refractivity contribution is 7.16. The summed E-state index contributed by atoms with van der Waals surface area (Å²) in [7, 11) is 0. The van der Waals surface area contributed by atoms with Crippen molar-refractivity contribution in [3.63, 3.8) is 0 Å². The third-order valence-electron chi connectivity index (χ3n) is 6.33. The first-order valence-electron chi connectivity index (χ1n) is 17.1. The van der Waals surface area contributed by atoms with Crippen molar-refractivity contribution in [3.8, 4) is 0 Å². The Hall–Kier alpha value is -5.10. The molecule has 0 spiro atoms. The Balaban J connectivity index is 0.000000360. The molecule has 15 nitrogen and oxygen atoms in total. The number of esters is 2. The molecule has 4 heterocycles. The molecule has 0 fully saturated rings. The number of aliphatic imine (C=N–C) groups is 1. The van der Waals surface area contributed by atoms with E-state index in [9.17, 15) is 50.3 Å². The van der Waals surface area contributed by atoms with Gasteiger partial charge < -0.3 is 25.8 Å². The number of alkyl halides is 6. The van der Waals surface area contributed by atoms with Gasteiger partial charge in [0, 0.05) is 19.3 Å². The van der Waals surface area contributed by atoms with Gasteiger partial charge in [0.05, 0.1) is 45.8 Å². The van der Waals surface area contributed by atoms with Crippen molar-refractivity contribution in [1.82, 2.24) is 19.9 Å². The van der Waals surface area contributed by atoms with Gasteiger partial charge in [0.25, 0.3) is 11.8 Å². The molecule has 0 aromatic carbocycles. The van der Waals surface area contributed by atoms with Gasteiger partial charge in [-0.05, 0) is 60.6 Å². The van der Waals surface area contributed by atoms with E-state index >= 15 is 0 Å². The fourth-order valence-electron chi connectivity index (χ4n) is 3.90. The minimum Gasteiger partial charge on any atom is -0.459 e. The van der Waals surface area contributed by atoms with E-state index in [1.807, 2.05) is 0 Å². The van der Waals surface area contributed by atoms with Crippen LogP contribution < -0.4 is 16.4 Å². The number of Topliss-reactive ketones (excluding diaryl/α,β-unsaturated/α-hetero) is 1. The van der Waals surface area contributed by atoms with E-state index in [1.165, 1.54) is 13.1 Å². The second-order valence-corrected chi connectivity index (χ2v) is 16.8. The lowest BCUT2D eigenvalue weighted by Gasteiger charge is -2.18. The maximum Gasteiger partial charge on any atom is 0.418 e. The molecule has 0 unspecified atom stereocenters. The van der Waals surface area contributed by atoms with Gasteiger partial charge in [-0.2, -0.15) is 26.3 Å². The highest BCUT2D eigenvalue weighted by atomic mass is 35.5. The molecule has 0 saturated heterocycles. The van der Waals surface area contributed by atoms with Crippen molar-refractivity contribution < 1.29 is 59.8 Å². The number of thiazole rings is 2.